The molecule has 0 saturated carbocycles. The van der Waals surface area contributed by atoms with Crippen LogP contribution in [0.15, 0.2) is 42.5 Å². The number of halogens is 1. The molecule has 4 nitrogen and oxygen atoms in total. The molecule has 24 heavy (non-hydrogen) atoms. The van der Waals surface area contributed by atoms with E-state index >= 15 is 0 Å². The average Bonchev–Trinajstić information content (AvgIpc) is 2.50. The van der Waals surface area contributed by atoms with Gasteiger partial charge in [-0.2, -0.15) is 0 Å². The monoisotopic (exact) mass is 328 g/mol. The van der Waals surface area contributed by atoms with Crippen LogP contribution >= 0.6 is 0 Å². The largest absolute Gasteiger partial charge is 0.326 e. The van der Waals surface area contributed by atoms with Crippen molar-refractivity contribution in [1.82, 2.24) is 0 Å². The highest BCUT2D eigenvalue weighted by Crippen LogP contribution is 2.20. The summed E-state index contributed by atoms with van der Waals surface area (Å²) in [5.41, 5.74) is 1.58. The van der Waals surface area contributed by atoms with E-state index in [9.17, 15) is 14.0 Å². The number of hydrogen-bond donors (Lipinski definition) is 2. The molecule has 5 heteroatoms. The number of aryl methyl sites for hydroxylation is 1. The van der Waals surface area contributed by atoms with Crippen LogP contribution in [-0.2, 0) is 4.79 Å². The molecule has 0 aliphatic rings. The maximum atomic E-state index is 13.3. The van der Waals surface area contributed by atoms with Crippen LogP contribution in [0.3, 0.4) is 0 Å². The molecule has 0 radical (unpaired) electrons. The van der Waals surface area contributed by atoms with Gasteiger partial charge in [-0.1, -0.05) is 32.9 Å². The zero-order chi connectivity index (χ0) is 17.9. The number of carbonyl (C=O) groups excluding carboxylic acids is 2. The van der Waals surface area contributed by atoms with E-state index in [1.54, 1.807) is 37.3 Å². The van der Waals surface area contributed by atoms with Crippen molar-refractivity contribution >= 4 is 23.2 Å². The van der Waals surface area contributed by atoms with Gasteiger partial charge in [-0.3, -0.25) is 9.59 Å². The van der Waals surface area contributed by atoms with Crippen molar-refractivity contribution < 1.29 is 14.0 Å². The second-order valence-corrected chi connectivity index (χ2v) is 6.70. The Morgan fingerprint density at radius 1 is 1.00 bits per heavy atom. The summed E-state index contributed by atoms with van der Waals surface area (Å²) < 4.78 is 13.3. The van der Waals surface area contributed by atoms with E-state index in [2.05, 4.69) is 10.6 Å². The molecule has 0 bridgehead atoms. The van der Waals surface area contributed by atoms with Crippen LogP contribution in [-0.4, -0.2) is 11.8 Å². The first-order valence-electron chi connectivity index (χ1n) is 7.66. The molecular formula is C19H21FN2O2. The lowest BCUT2D eigenvalue weighted by Gasteiger charge is -2.18. The first-order valence-corrected chi connectivity index (χ1v) is 7.66. The normalized spacial score (nSPS) is 11.0. The average molecular weight is 328 g/mol. The summed E-state index contributed by atoms with van der Waals surface area (Å²) in [5.74, 6) is -0.918. The molecule has 2 aromatic carbocycles. The molecule has 2 amide bonds. The maximum absolute atomic E-state index is 13.3. The number of carbonyl (C=O) groups is 2. The lowest BCUT2D eigenvalue weighted by molar-refractivity contribution is -0.123. The highest BCUT2D eigenvalue weighted by Gasteiger charge is 2.21. The highest BCUT2D eigenvalue weighted by atomic mass is 19.1. The number of rotatable bonds is 3. The van der Waals surface area contributed by atoms with Crippen LogP contribution in [0.25, 0.3) is 0 Å². The SMILES string of the molecule is Cc1ccc(F)cc1NC(=O)c1cccc(NC(=O)C(C)(C)C)c1. The lowest BCUT2D eigenvalue weighted by atomic mass is 9.95. The predicted molar refractivity (Wildman–Crippen MR) is 93.6 cm³/mol. The molecule has 0 aliphatic carbocycles. The molecule has 0 unspecified atom stereocenters. The third-order valence-electron chi connectivity index (χ3n) is 3.51. The van der Waals surface area contributed by atoms with Gasteiger partial charge in [0.2, 0.25) is 5.91 Å². The smallest absolute Gasteiger partial charge is 0.255 e. The third kappa shape index (κ3) is 4.41. The second-order valence-electron chi connectivity index (χ2n) is 6.70. The van der Waals surface area contributed by atoms with Crippen molar-refractivity contribution in [3.05, 3.63) is 59.4 Å². The molecule has 2 aromatic rings. The van der Waals surface area contributed by atoms with Crippen LogP contribution in [0.5, 0.6) is 0 Å². The Bertz CT molecular complexity index is 779. The number of benzene rings is 2. The van der Waals surface area contributed by atoms with Gasteiger partial charge < -0.3 is 10.6 Å². The minimum atomic E-state index is -0.531. The standard InChI is InChI=1S/C19H21FN2O2/c1-12-8-9-14(20)11-16(12)22-17(23)13-6-5-7-15(10-13)21-18(24)19(2,3)4/h5-11H,1-4H3,(H,21,24)(H,22,23). The zero-order valence-electron chi connectivity index (χ0n) is 14.2. The van der Waals surface area contributed by atoms with Gasteiger partial charge in [0.25, 0.3) is 5.91 Å². The molecule has 126 valence electrons. The zero-order valence-corrected chi connectivity index (χ0v) is 14.2. The summed E-state index contributed by atoms with van der Waals surface area (Å²) in [6.07, 6.45) is 0. The fourth-order valence-electron chi connectivity index (χ4n) is 1.98. The van der Waals surface area contributed by atoms with Crippen molar-refractivity contribution in [3.63, 3.8) is 0 Å². The number of amides is 2. The fraction of sp³-hybridized carbons (Fsp3) is 0.263. The van der Waals surface area contributed by atoms with Gasteiger partial charge in [0.05, 0.1) is 0 Å². The Balaban J connectivity index is 2.17. The molecular weight excluding hydrogens is 307 g/mol. The van der Waals surface area contributed by atoms with Crippen LogP contribution in [0.4, 0.5) is 15.8 Å². The molecule has 0 atom stereocenters. The summed E-state index contributed by atoms with van der Waals surface area (Å²) in [5, 5.41) is 5.47. The van der Waals surface area contributed by atoms with Crippen molar-refractivity contribution in [1.29, 1.82) is 0 Å². The molecule has 0 fully saturated rings. The minimum Gasteiger partial charge on any atom is -0.326 e. The molecule has 0 aromatic heterocycles. The number of anilines is 2. The summed E-state index contributed by atoms with van der Waals surface area (Å²) >= 11 is 0. The Hall–Kier alpha value is -2.69. The van der Waals surface area contributed by atoms with Crippen LogP contribution in [0.1, 0.15) is 36.7 Å². The van der Waals surface area contributed by atoms with E-state index in [0.717, 1.165) is 5.56 Å². The van der Waals surface area contributed by atoms with Gasteiger partial charge in [-0.25, -0.2) is 4.39 Å². The van der Waals surface area contributed by atoms with Crippen LogP contribution < -0.4 is 10.6 Å². The summed E-state index contributed by atoms with van der Waals surface area (Å²) in [4.78, 5) is 24.4. The van der Waals surface area contributed by atoms with Gasteiger partial charge in [0, 0.05) is 22.4 Å². The Kier molecular flexibility index (Phi) is 5.02. The van der Waals surface area contributed by atoms with Gasteiger partial charge in [-0.15, -0.1) is 0 Å². The van der Waals surface area contributed by atoms with E-state index in [0.29, 0.717) is 16.9 Å². The van der Waals surface area contributed by atoms with Gasteiger partial charge in [-0.05, 0) is 42.8 Å². The molecule has 0 aliphatic heterocycles. The topological polar surface area (TPSA) is 58.2 Å². The molecule has 2 rings (SSSR count). The number of hydrogen-bond acceptors (Lipinski definition) is 2. The van der Waals surface area contributed by atoms with E-state index < -0.39 is 11.2 Å². The lowest BCUT2D eigenvalue weighted by Crippen LogP contribution is -2.27. The molecule has 0 saturated heterocycles. The highest BCUT2D eigenvalue weighted by molar-refractivity contribution is 6.05. The van der Waals surface area contributed by atoms with E-state index in [-0.39, 0.29) is 11.8 Å². The van der Waals surface area contributed by atoms with E-state index in [1.807, 2.05) is 20.8 Å². The Labute approximate surface area is 141 Å². The van der Waals surface area contributed by atoms with E-state index in [1.165, 1.54) is 12.1 Å². The summed E-state index contributed by atoms with van der Waals surface area (Å²) in [6, 6.07) is 10.8. The molecule has 2 N–H and O–H groups in total. The second kappa shape index (κ2) is 6.83. The fourth-order valence-corrected chi connectivity index (χ4v) is 1.98. The van der Waals surface area contributed by atoms with Gasteiger partial charge in [0.15, 0.2) is 0 Å². The Morgan fingerprint density at radius 2 is 1.71 bits per heavy atom. The maximum Gasteiger partial charge on any atom is 0.255 e. The van der Waals surface area contributed by atoms with Crippen molar-refractivity contribution in [2.24, 2.45) is 5.41 Å². The van der Waals surface area contributed by atoms with Gasteiger partial charge >= 0.3 is 0 Å². The summed E-state index contributed by atoms with van der Waals surface area (Å²) in [7, 11) is 0. The Morgan fingerprint density at radius 3 is 2.38 bits per heavy atom. The minimum absolute atomic E-state index is 0.138. The first-order chi connectivity index (χ1) is 11.2. The summed E-state index contributed by atoms with van der Waals surface area (Å²) in [6.45, 7) is 7.22. The molecule has 0 spiro atoms. The van der Waals surface area contributed by atoms with Crippen molar-refractivity contribution in [2.75, 3.05) is 10.6 Å². The predicted octanol–water partition coefficient (Wildman–Crippen LogP) is 4.37. The molecule has 0 heterocycles. The third-order valence-corrected chi connectivity index (χ3v) is 3.51. The van der Waals surface area contributed by atoms with Crippen molar-refractivity contribution in [2.45, 2.75) is 27.7 Å². The number of nitrogens with one attached hydrogen (secondary N) is 2. The van der Waals surface area contributed by atoms with Crippen LogP contribution in [0, 0.1) is 18.2 Å². The van der Waals surface area contributed by atoms with Crippen molar-refractivity contribution in [3.8, 4) is 0 Å². The van der Waals surface area contributed by atoms with E-state index in [4.69, 9.17) is 0 Å². The van der Waals surface area contributed by atoms with Gasteiger partial charge in [0.1, 0.15) is 5.82 Å². The first kappa shape index (κ1) is 17.7. The quantitative estimate of drug-likeness (QED) is 0.879. The van der Waals surface area contributed by atoms with Crippen LogP contribution in [0.2, 0.25) is 0 Å².